The molecular weight excluding hydrogens is 370 g/mol. The summed E-state index contributed by atoms with van der Waals surface area (Å²) in [5, 5.41) is 6.54. The van der Waals surface area contributed by atoms with Crippen LogP contribution in [0.5, 0.6) is 11.5 Å². The molecule has 7 heteroatoms. The lowest BCUT2D eigenvalue weighted by molar-refractivity contribution is 0.0597. The maximum atomic E-state index is 11.9. The minimum Gasteiger partial charge on any atom is -0.496 e. The molecule has 0 bridgehead atoms. The van der Waals surface area contributed by atoms with Crippen molar-refractivity contribution in [2.45, 2.75) is 19.9 Å². The van der Waals surface area contributed by atoms with E-state index in [-0.39, 0.29) is 0 Å². The molecular formula is C22H29N3O4. The minimum atomic E-state index is -0.431. The molecule has 0 unspecified atom stereocenters. The fourth-order valence-corrected chi connectivity index (χ4v) is 2.89. The Morgan fingerprint density at radius 2 is 1.69 bits per heavy atom. The molecule has 2 rings (SSSR count). The SMILES string of the molecule is CN=C(NCCc1ccc(C)c(OC)c1)NCc1ccc(OC)c(C(=O)OC)c1. The number of guanidine groups is 1. The smallest absolute Gasteiger partial charge is 0.341 e. The number of esters is 1. The summed E-state index contributed by atoms with van der Waals surface area (Å²) in [7, 11) is 6.27. The molecule has 0 aromatic heterocycles. The third kappa shape index (κ3) is 6.14. The van der Waals surface area contributed by atoms with E-state index in [9.17, 15) is 4.79 Å². The second kappa shape index (κ2) is 10.9. The molecule has 0 aliphatic rings. The van der Waals surface area contributed by atoms with Gasteiger partial charge in [0.15, 0.2) is 5.96 Å². The highest BCUT2D eigenvalue weighted by atomic mass is 16.5. The number of carbonyl (C=O) groups is 1. The molecule has 0 saturated heterocycles. The Bertz CT molecular complexity index is 865. The van der Waals surface area contributed by atoms with Crippen molar-refractivity contribution in [2.24, 2.45) is 4.99 Å². The van der Waals surface area contributed by atoms with Gasteiger partial charge in [-0.15, -0.1) is 0 Å². The molecule has 0 amide bonds. The first kappa shape index (κ1) is 22.1. The molecule has 29 heavy (non-hydrogen) atoms. The Morgan fingerprint density at radius 3 is 2.34 bits per heavy atom. The number of nitrogens with zero attached hydrogens (tertiary/aromatic N) is 1. The third-order valence-electron chi connectivity index (χ3n) is 4.53. The van der Waals surface area contributed by atoms with Gasteiger partial charge in [-0.2, -0.15) is 0 Å². The molecule has 156 valence electrons. The fraction of sp³-hybridized carbons (Fsp3) is 0.364. The molecule has 0 aliphatic carbocycles. The van der Waals surface area contributed by atoms with E-state index in [1.807, 2.05) is 13.0 Å². The average molecular weight is 399 g/mol. The normalized spacial score (nSPS) is 11.0. The molecule has 2 aromatic carbocycles. The second-order valence-corrected chi connectivity index (χ2v) is 6.43. The highest BCUT2D eigenvalue weighted by Crippen LogP contribution is 2.21. The van der Waals surface area contributed by atoms with E-state index in [1.54, 1.807) is 26.3 Å². The summed E-state index contributed by atoms with van der Waals surface area (Å²) >= 11 is 0. The van der Waals surface area contributed by atoms with Gasteiger partial charge >= 0.3 is 5.97 Å². The van der Waals surface area contributed by atoms with Crippen LogP contribution in [0, 0.1) is 6.92 Å². The molecule has 0 radical (unpaired) electrons. The maximum absolute atomic E-state index is 11.9. The first-order valence-corrected chi connectivity index (χ1v) is 9.35. The van der Waals surface area contributed by atoms with Crippen LogP contribution >= 0.6 is 0 Å². The lowest BCUT2D eigenvalue weighted by atomic mass is 10.1. The van der Waals surface area contributed by atoms with Crippen molar-refractivity contribution in [3.8, 4) is 11.5 Å². The molecule has 7 nitrogen and oxygen atoms in total. The molecule has 0 aliphatic heterocycles. The van der Waals surface area contributed by atoms with Gasteiger partial charge in [0.05, 0.1) is 21.3 Å². The van der Waals surface area contributed by atoms with Crippen molar-refractivity contribution >= 4 is 11.9 Å². The zero-order valence-electron chi connectivity index (χ0n) is 17.7. The summed E-state index contributed by atoms with van der Waals surface area (Å²) in [4.78, 5) is 16.2. The number of ether oxygens (including phenoxy) is 3. The van der Waals surface area contributed by atoms with Crippen molar-refractivity contribution in [2.75, 3.05) is 34.9 Å². The van der Waals surface area contributed by atoms with Gasteiger partial charge in [-0.3, -0.25) is 4.99 Å². The summed E-state index contributed by atoms with van der Waals surface area (Å²) in [5.41, 5.74) is 3.61. The molecule has 0 fully saturated rings. The van der Waals surface area contributed by atoms with Crippen molar-refractivity contribution in [1.29, 1.82) is 0 Å². The summed E-state index contributed by atoms with van der Waals surface area (Å²) in [6.07, 6.45) is 0.840. The Morgan fingerprint density at radius 1 is 0.966 bits per heavy atom. The monoisotopic (exact) mass is 399 g/mol. The van der Waals surface area contributed by atoms with E-state index in [1.165, 1.54) is 19.8 Å². The number of aliphatic imine (C=N–C) groups is 1. The van der Waals surface area contributed by atoms with Gasteiger partial charge in [0.2, 0.25) is 0 Å². The predicted molar refractivity (Wildman–Crippen MR) is 114 cm³/mol. The van der Waals surface area contributed by atoms with E-state index in [4.69, 9.17) is 14.2 Å². The second-order valence-electron chi connectivity index (χ2n) is 6.43. The van der Waals surface area contributed by atoms with Gasteiger partial charge in [-0.05, 0) is 48.2 Å². The van der Waals surface area contributed by atoms with Crippen molar-refractivity contribution in [1.82, 2.24) is 10.6 Å². The molecule has 2 aromatic rings. The van der Waals surface area contributed by atoms with E-state index in [0.717, 1.165) is 29.8 Å². The van der Waals surface area contributed by atoms with Gasteiger partial charge in [-0.25, -0.2) is 4.79 Å². The lowest BCUT2D eigenvalue weighted by Crippen LogP contribution is -2.37. The molecule has 0 atom stereocenters. The van der Waals surface area contributed by atoms with Crippen LogP contribution in [0.25, 0.3) is 0 Å². The zero-order valence-corrected chi connectivity index (χ0v) is 17.7. The van der Waals surface area contributed by atoms with Crippen LogP contribution in [0.2, 0.25) is 0 Å². The molecule has 0 spiro atoms. The van der Waals surface area contributed by atoms with E-state index >= 15 is 0 Å². The van der Waals surface area contributed by atoms with Gasteiger partial charge in [0.1, 0.15) is 17.1 Å². The van der Waals surface area contributed by atoms with Gasteiger partial charge < -0.3 is 24.8 Å². The standard InChI is InChI=1S/C22H29N3O4/c1-15-6-7-16(13-20(15)28-4)10-11-24-22(23-2)25-14-17-8-9-19(27-3)18(12-17)21(26)29-5/h6-9,12-13H,10-11,14H2,1-5H3,(H2,23,24,25). The van der Waals surface area contributed by atoms with Crippen LogP contribution in [-0.4, -0.2) is 46.9 Å². The van der Waals surface area contributed by atoms with Crippen LogP contribution < -0.4 is 20.1 Å². The maximum Gasteiger partial charge on any atom is 0.341 e. The Hall–Kier alpha value is -3.22. The largest absolute Gasteiger partial charge is 0.496 e. The summed E-state index contributed by atoms with van der Waals surface area (Å²) in [6, 6.07) is 11.6. The van der Waals surface area contributed by atoms with E-state index in [2.05, 4.69) is 33.8 Å². The first-order valence-electron chi connectivity index (χ1n) is 9.35. The number of methoxy groups -OCH3 is 3. The van der Waals surface area contributed by atoms with Crippen LogP contribution in [0.15, 0.2) is 41.4 Å². The summed E-state index contributed by atoms with van der Waals surface area (Å²) in [5.74, 6) is 1.63. The van der Waals surface area contributed by atoms with Gasteiger partial charge in [0.25, 0.3) is 0 Å². The van der Waals surface area contributed by atoms with Crippen LogP contribution in [0.4, 0.5) is 0 Å². The van der Waals surface area contributed by atoms with Crippen LogP contribution in [-0.2, 0) is 17.7 Å². The van der Waals surface area contributed by atoms with E-state index < -0.39 is 5.97 Å². The average Bonchev–Trinajstić information content (AvgIpc) is 2.76. The van der Waals surface area contributed by atoms with Crippen molar-refractivity contribution in [3.05, 3.63) is 58.7 Å². The number of nitrogens with one attached hydrogen (secondary N) is 2. The molecule has 0 heterocycles. The van der Waals surface area contributed by atoms with E-state index in [0.29, 0.717) is 23.8 Å². The number of hydrogen-bond acceptors (Lipinski definition) is 5. The first-order chi connectivity index (χ1) is 14.0. The number of hydrogen-bond donors (Lipinski definition) is 2. The Kier molecular flexibility index (Phi) is 8.33. The number of aryl methyl sites for hydroxylation is 1. The number of rotatable bonds is 8. The number of benzene rings is 2. The fourth-order valence-electron chi connectivity index (χ4n) is 2.89. The Balaban J connectivity index is 1.91. The summed E-state index contributed by atoms with van der Waals surface area (Å²) in [6.45, 7) is 3.26. The minimum absolute atomic E-state index is 0.394. The molecule has 2 N–H and O–H groups in total. The van der Waals surface area contributed by atoms with Gasteiger partial charge in [0, 0.05) is 20.1 Å². The van der Waals surface area contributed by atoms with Crippen molar-refractivity contribution in [3.63, 3.8) is 0 Å². The van der Waals surface area contributed by atoms with Gasteiger partial charge in [-0.1, -0.05) is 18.2 Å². The predicted octanol–water partition coefficient (Wildman–Crippen LogP) is 2.71. The summed E-state index contributed by atoms with van der Waals surface area (Å²) < 4.78 is 15.4. The Labute approximate surface area is 172 Å². The quantitative estimate of drug-likeness (QED) is 0.404. The highest BCUT2D eigenvalue weighted by molar-refractivity contribution is 5.92. The topological polar surface area (TPSA) is 81.2 Å². The highest BCUT2D eigenvalue weighted by Gasteiger charge is 2.13. The van der Waals surface area contributed by atoms with Crippen LogP contribution in [0.3, 0.4) is 0 Å². The van der Waals surface area contributed by atoms with Crippen molar-refractivity contribution < 1.29 is 19.0 Å². The van der Waals surface area contributed by atoms with Crippen LogP contribution in [0.1, 0.15) is 27.0 Å². The molecule has 0 saturated carbocycles. The third-order valence-corrected chi connectivity index (χ3v) is 4.53. The zero-order chi connectivity index (χ0) is 21.2. The lowest BCUT2D eigenvalue weighted by Gasteiger charge is -2.14. The number of carbonyl (C=O) groups excluding carboxylic acids is 1.